The summed E-state index contributed by atoms with van der Waals surface area (Å²) in [6.07, 6.45) is 1.80. The first-order valence-electron chi connectivity index (χ1n) is 9.64. The van der Waals surface area contributed by atoms with E-state index in [1.807, 2.05) is 29.7 Å². The Balaban J connectivity index is 1.45. The lowest BCUT2D eigenvalue weighted by molar-refractivity contribution is -0.113. The van der Waals surface area contributed by atoms with Gasteiger partial charge in [0.1, 0.15) is 18.1 Å². The molecule has 1 N–H and O–H groups in total. The Hall–Kier alpha value is -2.98. The normalized spacial score (nSPS) is 12.5. The van der Waals surface area contributed by atoms with Crippen LogP contribution in [-0.2, 0) is 16.1 Å². The molecular weight excluding hydrogens is 438 g/mol. The Labute approximate surface area is 187 Å². The Morgan fingerprint density at radius 2 is 2.06 bits per heavy atom. The number of thiophene rings is 1. The Morgan fingerprint density at radius 1 is 1.26 bits per heavy atom. The van der Waals surface area contributed by atoms with Crippen molar-refractivity contribution in [2.45, 2.75) is 18.6 Å². The molecule has 0 bridgehead atoms. The first kappa shape index (κ1) is 21.3. The molecule has 0 fully saturated rings. The number of rotatable bonds is 7. The lowest BCUT2D eigenvalue weighted by Crippen LogP contribution is -2.16. The van der Waals surface area contributed by atoms with E-state index in [0.717, 1.165) is 27.9 Å². The monoisotopic (exact) mass is 459 g/mol. The number of hydrogen-bond acceptors (Lipinski definition) is 8. The van der Waals surface area contributed by atoms with Crippen LogP contribution in [0.4, 0.5) is 5.69 Å². The third kappa shape index (κ3) is 4.54. The third-order valence-electron chi connectivity index (χ3n) is 4.62. The predicted molar refractivity (Wildman–Crippen MR) is 119 cm³/mol. The summed E-state index contributed by atoms with van der Waals surface area (Å²) in [5, 5.41) is 5.24. The fraction of sp³-hybridized carbons (Fsp3) is 0.286. The van der Waals surface area contributed by atoms with Crippen LogP contribution in [0.3, 0.4) is 0 Å². The van der Waals surface area contributed by atoms with E-state index in [9.17, 15) is 9.59 Å². The first-order valence-corrected chi connectivity index (χ1v) is 11.5. The number of benzene rings is 1. The number of nitrogens with zero attached hydrogens (tertiary/aromatic N) is 2. The Morgan fingerprint density at radius 3 is 2.84 bits per heavy atom. The highest BCUT2D eigenvalue weighted by Crippen LogP contribution is 2.35. The van der Waals surface area contributed by atoms with Gasteiger partial charge in [-0.1, -0.05) is 11.8 Å². The van der Waals surface area contributed by atoms with Gasteiger partial charge in [-0.3, -0.25) is 4.79 Å². The summed E-state index contributed by atoms with van der Waals surface area (Å²) < 4.78 is 18.1. The van der Waals surface area contributed by atoms with E-state index < -0.39 is 5.97 Å². The second kappa shape index (κ2) is 9.44. The van der Waals surface area contributed by atoms with Crippen LogP contribution in [0.15, 0.2) is 41.0 Å². The number of carbonyl (C=O) groups excluding carboxylic acids is 2. The van der Waals surface area contributed by atoms with Gasteiger partial charge >= 0.3 is 5.97 Å². The molecule has 0 saturated heterocycles. The molecular formula is C21H21N3O5S2. The number of thioether (sulfide) groups is 1. The molecule has 0 radical (unpaired) electrons. The molecule has 1 aliphatic heterocycles. The molecule has 0 spiro atoms. The van der Waals surface area contributed by atoms with Crippen LogP contribution in [0.2, 0.25) is 0 Å². The molecule has 1 amide bonds. The van der Waals surface area contributed by atoms with Crippen LogP contribution in [-0.4, -0.2) is 47.5 Å². The first-order chi connectivity index (χ1) is 15.1. The average Bonchev–Trinajstić information content (AvgIpc) is 3.43. The molecule has 3 aromatic rings. The topological polar surface area (TPSA) is 91.7 Å². The SMILES string of the molecule is CCn1c(-c2ccc3c(c2)OCCO3)cnc1SCC(=O)Nc1ccsc1C(=O)OC. The zero-order valence-electron chi connectivity index (χ0n) is 17.0. The average molecular weight is 460 g/mol. The van der Waals surface area contributed by atoms with E-state index in [4.69, 9.17) is 14.2 Å². The second-order valence-electron chi connectivity index (χ2n) is 6.52. The smallest absolute Gasteiger partial charge is 0.350 e. The van der Waals surface area contributed by atoms with Gasteiger partial charge in [-0.05, 0) is 36.6 Å². The maximum absolute atomic E-state index is 12.4. The number of hydrogen-bond donors (Lipinski definition) is 1. The minimum absolute atomic E-state index is 0.161. The molecule has 0 unspecified atom stereocenters. The molecule has 0 saturated carbocycles. The van der Waals surface area contributed by atoms with E-state index in [1.54, 1.807) is 17.6 Å². The lowest BCUT2D eigenvalue weighted by Gasteiger charge is -2.19. The van der Waals surface area contributed by atoms with Crippen molar-refractivity contribution in [1.29, 1.82) is 0 Å². The summed E-state index contributed by atoms with van der Waals surface area (Å²) in [7, 11) is 1.31. The largest absolute Gasteiger partial charge is 0.486 e. The third-order valence-corrected chi connectivity index (χ3v) is 6.50. The Bertz CT molecular complexity index is 1110. The minimum Gasteiger partial charge on any atom is -0.486 e. The van der Waals surface area contributed by atoms with Crippen LogP contribution in [0, 0.1) is 0 Å². The van der Waals surface area contributed by atoms with Crippen molar-refractivity contribution >= 4 is 40.7 Å². The van der Waals surface area contributed by atoms with Crippen LogP contribution in [0.1, 0.15) is 16.6 Å². The molecule has 1 aliphatic rings. The van der Waals surface area contributed by atoms with Crippen molar-refractivity contribution in [2.24, 2.45) is 0 Å². The highest BCUT2D eigenvalue weighted by Gasteiger charge is 2.18. The molecule has 10 heteroatoms. The maximum atomic E-state index is 12.4. The number of aromatic nitrogens is 2. The van der Waals surface area contributed by atoms with E-state index in [1.165, 1.54) is 30.2 Å². The lowest BCUT2D eigenvalue weighted by atomic mass is 10.1. The molecule has 8 nitrogen and oxygen atoms in total. The highest BCUT2D eigenvalue weighted by atomic mass is 32.2. The summed E-state index contributed by atoms with van der Waals surface area (Å²) in [6.45, 7) is 3.81. The van der Waals surface area contributed by atoms with Crippen molar-refractivity contribution in [3.8, 4) is 22.8 Å². The molecule has 0 atom stereocenters. The summed E-state index contributed by atoms with van der Waals surface area (Å²) in [5.41, 5.74) is 2.36. The highest BCUT2D eigenvalue weighted by molar-refractivity contribution is 7.99. The molecule has 1 aromatic carbocycles. The van der Waals surface area contributed by atoms with Gasteiger partial charge in [0, 0.05) is 12.1 Å². The number of imidazole rings is 1. The fourth-order valence-electron chi connectivity index (χ4n) is 3.19. The molecule has 2 aromatic heterocycles. The van der Waals surface area contributed by atoms with E-state index >= 15 is 0 Å². The number of nitrogens with one attached hydrogen (secondary N) is 1. The molecule has 162 valence electrons. The second-order valence-corrected chi connectivity index (χ2v) is 8.38. The van der Waals surface area contributed by atoms with E-state index in [-0.39, 0.29) is 11.7 Å². The van der Waals surface area contributed by atoms with Crippen molar-refractivity contribution in [2.75, 3.05) is 31.4 Å². The Kier molecular flexibility index (Phi) is 6.47. The summed E-state index contributed by atoms with van der Waals surface area (Å²) in [4.78, 5) is 29.1. The predicted octanol–water partition coefficient (Wildman–Crippen LogP) is 3.92. The number of carbonyl (C=O) groups is 2. The van der Waals surface area contributed by atoms with Crippen LogP contribution in [0.25, 0.3) is 11.3 Å². The number of esters is 1. The minimum atomic E-state index is -0.469. The van der Waals surface area contributed by atoms with Gasteiger partial charge in [0.2, 0.25) is 5.91 Å². The van der Waals surface area contributed by atoms with Crippen molar-refractivity contribution in [3.05, 3.63) is 40.7 Å². The van der Waals surface area contributed by atoms with Gasteiger partial charge in [0.25, 0.3) is 0 Å². The number of anilines is 1. The van der Waals surface area contributed by atoms with Gasteiger partial charge in [-0.15, -0.1) is 11.3 Å². The van der Waals surface area contributed by atoms with Crippen molar-refractivity contribution < 1.29 is 23.8 Å². The fourth-order valence-corrected chi connectivity index (χ4v) is 4.80. The van der Waals surface area contributed by atoms with E-state index in [2.05, 4.69) is 10.3 Å². The van der Waals surface area contributed by atoms with Crippen molar-refractivity contribution in [1.82, 2.24) is 9.55 Å². The van der Waals surface area contributed by atoms with Crippen LogP contribution < -0.4 is 14.8 Å². The zero-order valence-corrected chi connectivity index (χ0v) is 18.7. The zero-order chi connectivity index (χ0) is 21.8. The maximum Gasteiger partial charge on any atom is 0.350 e. The molecule has 31 heavy (non-hydrogen) atoms. The summed E-state index contributed by atoms with van der Waals surface area (Å²) >= 11 is 2.56. The van der Waals surface area contributed by atoms with Crippen molar-refractivity contribution in [3.63, 3.8) is 0 Å². The van der Waals surface area contributed by atoms with Crippen LogP contribution in [0.5, 0.6) is 11.5 Å². The number of methoxy groups -OCH3 is 1. The van der Waals surface area contributed by atoms with Gasteiger partial charge < -0.3 is 24.1 Å². The molecule has 4 rings (SSSR count). The molecule has 3 heterocycles. The van der Waals surface area contributed by atoms with Gasteiger partial charge in [-0.2, -0.15) is 0 Å². The number of fused-ring (bicyclic) bond motifs is 1. The standard InChI is InChI=1S/C21H21N3O5S2/c1-3-24-15(13-4-5-16-17(10-13)29-8-7-28-16)11-22-21(24)31-12-18(25)23-14-6-9-30-19(14)20(26)27-2/h4-6,9-11H,3,7-8,12H2,1-2H3,(H,23,25). The quantitative estimate of drug-likeness (QED) is 0.423. The summed E-state index contributed by atoms with van der Waals surface area (Å²) in [5.74, 6) is 0.930. The van der Waals surface area contributed by atoms with Gasteiger partial charge in [0.15, 0.2) is 16.7 Å². The van der Waals surface area contributed by atoms with Gasteiger partial charge in [-0.25, -0.2) is 9.78 Å². The van der Waals surface area contributed by atoms with Crippen LogP contribution >= 0.6 is 23.1 Å². The van der Waals surface area contributed by atoms with E-state index in [0.29, 0.717) is 30.3 Å². The number of amides is 1. The van der Waals surface area contributed by atoms with Gasteiger partial charge in [0.05, 0.1) is 30.4 Å². The number of ether oxygens (including phenoxy) is 3. The molecule has 0 aliphatic carbocycles. The summed E-state index contributed by atoms with van der Waals surface area (Å²) in [6, 6.07) is 7.51.